The maximum Gasteiger partial charge on any atom is 0.320 e. The van der Waals surface area contributed by atoms with E-state index in [2.05, 4.69) is 128 Å². The van der Waals surface area contributed by atoms with Crippen LogP contribution in [0.15, 0.2) is 70.9 Å². The van der Waals surface area contributed by atoms with Crippen LogP contribution in [0.4, 0.5) is 11.4 Å². The van der Waals surface area contributed by atoms with E-state index in [-0.39, 0.29) is 75.6 Å². The van der Waals surface area contributed by atoms with Crippen molar-refractivity contribution in [2.24, 2.45) is 44.7 Å². The first-order valence-corrected chi connectivity index (χ1v) is 30.6. The fraction of sp³-hybridized carbons (Fsp3) is 0.621. The predicted molar refractivity (Wildman–Crippen MR) is 335 cm³/mol. The van der Waals surface area contributed by atoms with E-state index in [0.29, 0.717) is 56.9 Å². The van der Waals surface area contributed by atoms with Gasteiger partial charge in [0.15, 0.2) is 11.6 Å². The molecule has 4 N–H and O–H groups in total. The third kappa shape index (κ3) is 17.0. The SMILES string of the molecule is CCCCC(CC)CN(C(=O)c1ccc(N/N=C2\C(=N)C(c3nc(OC)nc(C4=CC(C(C)(C)C)/C(=N\Nc5ccc(C(=O)N(CC(CC)CCCC)C(CC)CCCC)cc5)C4=N)n3)=CC2C(C)(C)C)cc1)C(CC)CCCC. The van der Waals surface area contributed by atoms with Gasteiger partial charge in [0.25, 0.3) is 11.8 Å². The van der Waals surface area contributed by atoms with E-state index in [0.717, 1.165) is 103 Å². The molecule has 0 saturated carbocycles. The van der Waals surface area contributed by atoms with Crippen molar-refractivity contribution in [3.8, 4) is 6.01 Å². The van der Waals surface area contributed by atoms with Crippen LogP contribution in [0.3, 0.4) is 0 Å². The molecule has 80 heavy (non-hydrogen) atoms. The standard InChI is InChI=1S/C66H101N11O3/c1-16-24-28-44(20-5)42-76(50(22-7)30-26-18-3)62(78)46-32-36-48(37-33-46)72-74-58-54(65(9,10)11)40-52(56(58)67)60-69-61(71-64(70-60)80-15)53-41-55(66(12,13)14)59(57(53)68)75-73-49-38-34-47(35-39-49)63(79)77(51(23-8)31-27-19-4)43-45(21-6)29-25-17-2/h32-41,44-45,50-51,54-55,67-68,72-73H,16-31,42-43H2,1-15H3/b67-56?,68-57?,74-58-,75-59+. The zero-order chi connectivity index (χ0) is 58.7. The topological polar surface area (TPSA) is 185 Å². The summed E-state index contributed by atoms with van der Waals surface area (Å²) >= 11 is 0. The molecular weight excluding hydrogens is 995 g/mol. The number of nitrogens with zero attached hydrogens (tertiary/aromatic N) is 7. The summed E-state index contributed by atoms with van der Waals surface area (Å²) in [6, 6.07) is 15.6. The van der Waals surface area contributed by atoms with E-state index in [9.17, 15) is 20.4 Å². The number of nitrogens with one attached hydrogen (secondary N) is 4. The van der Waals surface area contributed by atoms with E-state index in [1.807, 2.05) is 60.7 Å². The molecule has 6 atom stereocenters. The molecule has 1 heterocycles. The number of carbonyl (C=O) groups excluding carboxylic acids is 2. The van der Waals surface area contributed by atoms with Gasteiger partial charge in [-0.3, -0.25) is 31.3 Å². The predicted octanol–water partition coefficient (Wildman–Crippen LogP) is 16.2. The zero-order valence-electron chi connectivity index (χ0n) is 51.8. The molecule has 5 rings (SSSR count). The molecule has 0 aliphatic heterocycles. The van der Waals surface area contributed by atoms with Gasteiger partial charge in [0.05, 0.1) is 41.3 Å². The summed E-state index contributed by atoms with van der Waals surface area (Å²) in [7, 11) is 1.50. The first-order valence-electron chi connectivity index (χ1n) is 30.6. The van der Waals surface area contributed by atoms with Crippen LogP contribution < -0.4 is 15.6 Å². The van der Waals surface area contributed by atoms with Crippen molar-refractivity contribution < 1.29 is 14.3 Å². The second kappa shape index (κ2) is 30.7. The summed E-state index contributed by atoms with van der Waals surface area (Å²) in [6.45, 7) is 32.0. The van der Waals surface area contributed by atoms with Crippen molar-refractivity contribution >= 4 is 57.2 Å². The molecule has 6 unspecified atom stereocenters. The van der Waals surface area contributed by atoms with Crippen molar-refractivity contribution in [3.05, 3.63) is 83.5 Å². The molecular formula is C66H101N11O3. The Kier molecular flexibility index (Phi) is 24.8. The number of carbonyl (C=O) groups is 2. The third-order valence-electron chi connectivity index (χ3n) is 16.5. The van der Waals surface area contributed by atoms with Gasteiger partial charge in [-0.25, -0.2) is 4.98 Å². The van der Waals surface area contributed by atoms with Crippen molar-refractivity contribution in [1.82, 2.24) is 24.8 Å². The number of anilines is 2. The van der Waals surface area contributed by atoms with Gasteiger partial charge in [-0.15, -0.1) is 0 Å². The molecule has 0 spiro atoms. The molecule has 0 radical (unpaired) electrons. The van der Waals surface area contributed by atoms with E-state index >= 15 is 0 Å². The number of hydrazone groups is 2. The average molecular weight is 1100 g/mol. The Morgan fingerprint density at radius 2 is 0.900 bits per heavy atom. The number of aromatic nitrogens is 3. The first-order chi connectivity index (χ1) is 38.2. The van der Waals surface area contributed by atoms with Gasteiger partial charge in [0, 0.05) is 59.3 Å². The van der Waals surface area contributed by atoms with Crippen LogP contribution in [0, 0.1) is 45.3 Å². The summed E-state index contributed by atoms with van der Waals surface area (Å²) in [5.74, 6) is 1.02. The van der Waals surface area contributed by atoms with E-state index in [1.54, 1.807) is 0 Å². The third-order valence-corrected chi connectivity index (χ3v) is 16.5. The number of rotatable bonds is 31. The smallest absolute Gasteiger partial charge is 0.320 e. The first kappa shape index (κ1) is 64.8. The zero-order valence-corrected chi connectivity index (χ0v) is 51.8. The molecule has 0 bridgehead atoms. The highest BCUT2D eigenvalue weighted by Crippen LogP contribution is 2.40. The van der Waals surface area contributed by atoms with Crippen LogP contribution in [0.1, 0.15) is 232 Å². The average Bonchev–Trinajstić information content (AvgIpc) is 4.02. The molecule has 2 amide bonds. The lowest BCUT2D eigenvalue weighted by Gasteiger charge is -2.34. The van der Waals surface area contributed by atoms with Crippen LogP contribution in [0.25, 0.3) is 11.1 Å². The molecule has 2 aromatic carbocycles. The van der Waals surface area contributed by atoms with Crippen LogP contribution in [-0.2, 0) is 0 Å². The lowest BCUT2D eigenvalue weighted by atomic mass is 9.79. The Bertz CT molecular complexity index is 2460. The highest BCUT2D eigenvalue weighted by Gasteiger charge is 2.41. The monoisotopic (exact) mass is 1100 g/mol. The Balaban J connectivity index is 1.39. The number of unbranched alkanes of at least 4 members (excludes halogenated alkanes) is 4. The minimum Gasteiger partial charge on any atom is -0.467 e. The van der Waals surface area contributed by atoms with Gasteiger partial charge in [-0.1, -0.05) is 173 Å². The van der Waals surface area contributed by atoms with Gasteiger partial charge >= 0.3 is 6.01 Å². The summed E-state index contributed by atoms with van der Waals surface area (Å²) in [5, 5.41) is 28.9. The minimum atomic E-state index is -0.335. The maximum atomic E-state index is 14.3. The molecule has 2 aliphatic rings. The molecule has 0 saturated heterocycles. The fourth-order valence-electron chi connectivity index (χ4n) is 11.1. The Morgan fingerprint density at radius 3 is 1.20 bits per heavy atom. The van der Waals surface area contributed by atoms with Crippen molar-refractivity contribution in [1.29, 1.82) is 10.8 Å². The van der Waals surface area contributed by atoms with Crippen molar-refractivity contribution in [2.45, 2.75) is 212 Å². The van der Waals surface area contributed by atoms with Gasteiger partial charge in [0.2, 0.25) is 0 Å². The number of hydrogen-bond donors (Lipinski definition) is 4. The Hall–Kier alpha value is -6.05. The summed E-state index contributed by atoms with van der Waals surface area (Å²) < 4.78 is 5.68. The lowest BCUT2D eigenvalue weighted by Crippen LogP contribution is -2.43. The number of amides is 2. The molecule has 438 valence electrons. The van der Waals surface area contributed by atoms with E-state index < -0.39 is 0 Å². The number of ether oxygens (including phenoxy) is 1. The second-order valence-electron chi connectivity index (χ2n) is 24.6. The largest absolute Gasteiger partial charge is 0.467 e. The number of methoxy groups -OCH3 is 1. The van der Waals surface area contributed by atoms with Crippen LogP contribution >= 0.6 is 0 Å². The van der Waals surface area contributed by atoms with Crippen molar-refractivity contribution in [3.63, 3.8) is 0 Å². The molecule has 3 aromatic rings. The highest BCUT2D eigenvalue weighted by molar-refractivity contribution is 6.61. The van der Waals surface area contributed by atoms with E-state index in [1.165, 1.54) is 20.0 Å². The number of benzene rings is 2. The van der Waals surface area contributed by atoms with Gasteiger partial charge in [0.1, 0.15) is 0 Å². The quantitative estimate of drug-likeness (QED) is 0.0459. The lowest BCUT2D eigenvalue weighted by molar-refractivity contribution is 0.0606. The maximum absolute atomic E-state index is 14.3. The molecule has 1 aromatic heterocycles. The van der Waals surface area contributed by atoms with Crippen LogP contribution in [0.5, 0.6) is 6.01 Å². The summed E-state index contributed by atoms with van der Waals surface area (Å²) in [6.07, 6.45) is 21.2. The highest BCUT2D eigenvalue weighted by atomic mass is 16.5. The molecule has 14 nitrogen and oxygen atoms in total. The molecule has 0 fully saturated rings. The fourth-order valence-corrected chi connectivity index (χ4v) is 11.1. The van der Waals surface area contributed by atoms with Gasteiger partial charge in [-0.05, 0) is 110 Å². The summed E-state index contributed by atoms with van der Waals surface area (Å²) in [4.78, 5) is 47.3. The number of allylic oxidation sites excluding steroid dienone is 4. The van der Waals surface area contributed by atoms with Crippen molar-refractivity contribution in [2.75, 3.05) is 31.1 Å². The van der Waals surface area contributed by atoms with Crippen LogP contribution in [-0.4, -0.2) is 91.7 Å². The normalized spacial score (nSPS) is 18.2. The minimum absolute atomic E-state index is 0.0593. The van der Waals surface area contributed by atoms with Gasteiger partial charge in [-0.2, -0.15) is 20.2 Å². The summed E-state index contributed by atoms with van der Waals surface area (Å²) in [5.41, 5.74) is 10.8. The van der Waals surface area contributed by atoms with Gasteiger partial charge < -0.3 is 14.5 Å². The van der Waals surface area contributed by atoms with E-state index in [4.69, 9.17) is 19.9 Å². The number of hydrogen-bond acceptors (Lipinski definition) is 12. The van der Waals surface area contributed by atoms with Crippen LogP contribution in [0.2, 0.25) is 0 Å². The second-order valence-corrected chi connectivity index (χ2v) is 24.6. The molecule has 2 aliphatic carbocycles. The Labute approximate surface area is 482 Å². The molecule has 14 heteroatoms. The Morgan fingerprint density at radius 1 is 0.550 bits per heavy atom.